The molecule has 3 rings (SSSR count). The number of nitrogens with one attached hydrogen (secondary N) is 1. The minimum Gasteiger partial charge on any atom is -0.316 e. The van der Waals surface area contributed by atoms with E-state index in [0.717, 1.165) is 40.1 Å². The van der Waals surface area contributed by atoms with Crippen molar-refractivity contribution in [2.75, 3.05) is 13.1 Å². The first-order chi connectivity index (χ1) is 10.1. The topological polar surface area (TPSA) is 12.0 Å². The van der Waals surface area contributed by atoms with Gasteiger partial charge in [-0.1, -0.05) is 46.9 Å². The largest absolute Gasteiger partial charge is 0.316 e. The number of halogens is 3. The lowest BCUT2D eigenvalue weighted by Gasteiger charge is -2.33. The molecule has 2 unspecified atom stereocenters. The summed E-state index contributed by atoms with van der Waals surface area (Å²) >= 11 is 18.7. The molecule has 0 spiro atoms. The van der Waals surface area contributed by atoms with Crippen LogP contribution in [-0.4, -0.2) is 13.1 Å². The van der Waals surface area contributed by atoms with Gasteiger partial charge in [0.05, 0.1) is 0 Å². The molecule has 1 aliphatic heterocycles. The Hall–Kier alpha value is -0.730. The molecule has 2 aromatic rings. The summed E-state index contributed by atoms with van der Waals surface area (Å²) in [5.41, 5.74) is 2.38. The molecule has 1 saturated heterocycles. The summed E-state index contributed by atoms with van der Waals surface area (Å²) in [6, 6.07) is 13.8. The number of hydrogen-bond donors (Lipinski definition) is 1. The average molecular weight is 341 g/mol. The molecule has 21 heavy (non-hydrogen) atoms. The third-order valence-electron chi connectivity index (χ3n) is 4.12. The Morgan fingerprint density at radius 3 is 2.52 bits per heavy atom. The summed E-state index contributed by atoms with van der Waals surface area (Å²) in [7, 11) is 0. The van der Waals surface area contributed by atoms with Crippen molar-refractivity contribution in [3.05, 3.63) is 68.7 Å². The van der Waals surface area contributed by atoms with Crippen LogP contribution in [0.15, 0.2) is 42.5 Å². The lowest BCUT2D eigenvalue weighted by atomic mass is 9.77. The Balaban J connectivity index is 2.00. The average Bonchev–Trinajstić information content (AvgIpc) is 2.50. The van der Waals surface area contributed by atoms with Crippen molar-refractivity contribution in [1.82, 2.24) is 5.32 Å². The summed E-state index contributed by atoms with van der Waals surface area (Å²) in [6.07, 6.45) is 1.04. The van der Waals surface area contributed by atoms with Gasteiger partial charge >= 0.3 is 0 Å². The molecule has 0 aliphatic carbocycles. The summed E-state index contributed by atoms with van der Waals surface area (Å²) < 4.78 is 0. The van der Waals surface area contributed by atoms with E-state index in [0.29, 0.717) is 11.8 Å². The van der Waals surface area contributed by atoms with Gasteiger partial charge < -0.3 is 5.32 Å². The molecule has 1 fully saturated rings. The van der Waals surface area contributed by atoms with Crippen LogP contribution in [0.4, 0.5) is 0 Å². The van der Waals surface area contributed by atoms with Gasteiger partial charge in [0.1, 0.15) is 0 Å². The normalized spacial score (nSPS) is 22.2. The molecule has 1 N–H and O–H groups in total. The lowest BCUT2D eigenvalue weighted by Crippen LogP contribution is -2.34. The van der Waals surface area contributed by atoms with Crippen LogP contribution in [0.1, 0.15) is 29.4 Å². The maximum Gasteiger partial charge on any atom is 0.0442 e. The van der Waals surface area contributed by atoms with Crippen LogP contribution < -0.4 is 5.32 Å². The minimum atomic E-state index is 0.355. The second-order valence-corrected chi connectivity index (χ2v) is 6.71. The van der Waals surface area contributed by atoms with Gasteiger partial charge in [-0.05, 0) is 60.3 Å². The maximum absolute atomic E-state index is 6.41. The van der Waals surface area contributed by atoms with Gasteiger partial charge in [-0.3, -0.25) is 0 Å². The highest BCUT2D eigenvalue weighted by Gasteiger charge is 2.29. The highest BCUT2D eigenvalue weighted by atomic mass is 35.5. The number of piperidine rings is 1. The van der Waals surface area contributed by atoms with Crippen molar-refractivity contribution in [2.45, 2.75) is 18.3 Å². The molecule has 0 amide bonds. The zero-order chi connectivity index (χ0) is 14.8. The predicted octanol–water partition coefficient (Wildman–Crippen LogP) is 5.51. The van der Waals surface area contributed by atoms with E-state index in [2.05, 4.69) is 11.4 Å². The fraction of sp³-hybridized carbons (Fsp3) is 0.294. The van der Waals surface area contributed by atoms with Crippen molar-refractivity contribution >= 4 is 34.8 Å². The molecule has 0 aromatic heterocycles. The van der Waals surface area contributed by atoms with E-state index in [4.69, 9.17) is 34.8 Å². The first-order valence-corrected chi connectivity index (χ1v) is 8.19. The zero-order valence-corrected chi connectivity index (χ0v) is 13.7. The number of rotatable bonds is 2. The maximum atomic E-state index is 6.41. The summed E-state index contributed by atoms with van der Waals surface area (Å²) in [5, 5.41) is 5.76. The predicted molar refractivity (Wildman–Crippen MR) is 90.9 cm³/mol. The Labute approximate surface area is 140 Å². The Morgan fingerprint density at radius 1 is 0.905 bits per heavy atom. The van der Waals surface area contributed by atoms with E-state index in [9.17, 15) is 0 Å². The third kappa shape index (κ3) is 3.37. The van der Waals surface area contributed by atoms with E-state index < -0.39 is 0 Å². The summed E-state index contributed by atoms with van der Waals surface area (Å²) in [5.74, 6) is 0.712. The lowest BCUT2D eigenvalue weighted by molar-refractivity contribution is 0.404. The molecule has 2 aromatic carbocycles. The van der Waals surface area contributed by atoms with Crippen molar-refractivity contribution in [3.8, 4) is 0 Å². The molecule has 0 bridgehead atoms. The Kier molecular flexibility index (Phi) is 4.75. The number of hydrogen-bond acceptors (Lipinski definition) is 1. The van der Waals surface area contributed by atoms with E-state index in [-0.39, 0.29) is 0 Å². The van der Waals surface area contributed by atoms with Crippen LogP contribution >= 0.6 is 34.8 Å². The Morgan fingerprint density at radius 2 is 1.71 bits per heavy atom. The molecule has 0 saturated carbocycles. The molecule has 0 radical (unpaired) electrons. The quantitative estimate of drug-likeness (QED) is 0.760. The smallest absolute Gasteiger partial charge is 0.0442 e. The minimum absolute atomic E-state index is 0.355. The third-order valence-corrected chi connectivity index (χ3v) is 4.93. The Bertz CT molecular complexity index is 642. The first kappa shape index (κ1) is 15.2. The van der Waals surface area contributed by atoms with E-state index >= 15 is 0 Å². The summed E-state index contributed by atoms with van der Waals surface area (Å²) in [4.78, 5) is 0. The van der Waals surface area contributed by atoms with Gasteiger partial charge in [0.2, 0.25) is 0 Å². The van der Waals surface area contributed by atoms with Crippen LogP contribution in [0.5, 0.6) is 0 Å². The molecule has 110 valence electrons. The first-order valence-electron chi connectivity index (χ1n) is 7.06. The standard InChI is InChI=1S/C17H16Cl3N/c18-12-3-1-2-11(8-12)16-10-21-7-6-14(16)15-9-13(19)4-5-17(15)20/h1-5,8-9,14,16,21H,6-7,10H2. The van der Waals surface area contributed by atoms with E-state index in [1.54, 1.807) is 0 Å². The zero-order valence-electron chi connectivity index (χ0n) is 11.5. The van der Waals surface area contributed by atoms with Crippen molar-refractivity contribution < 1.29 is 0 Å². The van der Waals surface area contributed by atoms with E-state index in [1.807, 2.05) is 36.4 Å². The van der Waals surface area contributed by atoms with Crippen molar-refractivity contribution in [1.29, 1.82) is 0 Å². The van der Waals surface area contributed by atoms with Crippen molar-refractivity contribution in [3.63, 3.8) is 0 Å². The fourth-order valence-electron chi connectivity index (χ4n) is 3.12. The van der Waals surface area contributed by atoms with Crippen LogP contribution in [0.3, 0.4) is 0 Å². The van der Waals surface area contributed by atoms with Gasteiger partial charge in [-0.25, -0.2) is 0 Å². The molecule has 1 aliphatic rings. The van der Waals surface area contributed by atoms with E-state index in [1.165, 1.54) is 5.56 Å². The SMILES string of the molecule is Clc1cccc(C2CNCCC2c2cc(Cl)ccc2Cl)c1. The highest BCUT2D eigenvalue weighted by Crippen LogP contribution is 2.41. The molecule has 1 nitrogen and oxygen atoms in total. The van der Waals surface area contributed by atoms with Crippen LogP contribution in [0.2, 0.25) is 15.1 Å². The molecule has 2 atom stereocenters. The van der Waals surface area contributed by atoms with Crippen LogP contribution in [-0.2, 0) is 0 Å². The fourth-order valence-corrected chi connectivity index (χ4v) is 3.75. The highest BCUT2D eigenvalue weighted by molar-refractivity contribution is 6.33. The van der Waals surface area contributed by atoms with Crippen LogP contribution in [0, 0.1) is 0 Å². The van der Waals surface area contributed by atoms with Crippen LogP contribution in [0.25, 0.3) is 0 Å². The van der Waals surface area contributed by atoms with Gasteiger partial charge in [-0.15, -0.1) is 0 Å². The van der Waals surface area contributed by atoms with Gasteiger partial charge in [0.15, 0.2) is 0 Å². The second-order valence-electron chi connectivity index (χ2n) is 5.43. The molecular weight excluding hydrogens is 325 g/mol. The molecular formula is C17H16Cl3N. The second kappa shape index (κ2) is 6.58. The van der Waals surface area contributed by atoms with Crippen molar-refractivity contribution in [2.24, 2.45) is 0 Å². The monoisotopic (exact) mass is 339 g/mol. The van der Waals surface area contributed by atoms with Gasteiger partial charge in [0.25, 0.3) is 0 Å². The molecule has 4 heteroatoms. The molecule has 1 heterocycles. The van der Waals surface area contributed by atoms with Gasteiger partial charge in [0, 0.05) is 27.5 Å². The summed E-state index contributed by atoms with van der Waals surface area (Å²) in [6.45, 7) is 1.92. The van der Waals surface area contributed by atoms with Gasteiger partial charge in [-0.2, -0.15) is 0 Å². The number of benzene rings is 2.